The predicted molar refractivity (Wildman–Crippen MR) is 115 cm³/mol. The molecule has 1 aromatic carbocycles. The molecule has 0 radical (unpaired) electrons. The lowest BCUT2D eigenvalue weighted by molar-refractivity contribution is -0.120. The van der Waals surface area contributed by atoms with Gasteiger partial charge >= 0.3 is 0 Å². The van der Waals surface area contributed by atoms with Gasteiger partial charge in [-0.25, -0.2) is 8.42 Å². The third kappa shape index (κ3) is 4.97. The summed E-state index contributed by atoms with van der Waals surface area (Å²) in [5.74, 6) is 0.0666. The van der Waals surface area contributed by atoms with Gasteiger partial charge in [0.15, 0.2) is 5.76 Å². The number of hydrogen-bond donors (Lipinski definition) is 1. The van der Waals surface area contributed by atoms with Gasteiger partial charge in [0.2, 0.25) is 15.9 Å². The maximum absolute atomic E-state index is 13.1. The van der Waals surface area contributed by atoms with Crippen molar-refractivity contribution in [1.82, 2.24) is 14.4 Å². The minimum absolute atomic E-state index is 0.125. The lowest BCUT2D eigenvalue weighted by Crippen LogP contribution is -2.44. The van der Waals surface area contributed by atoms with Crippen LogP contribution in [0, 0.1) is 13.8 Å². The van der Waals surface area contributed by atoms with Gasteiger partial charge in [-0.05, 0) is 45.4 Å². The van der Waals surface area contributed by atoms with Crippen LogP contribution in [0.15, 0.2) is 27.6 Å². The molecular formula is C19H24Cl2N4O4S. The van der Waals surface area contributed by atoms with Crippen LogP contribution in [0.3, 0.4) is 0 Å². The number of carbonyl (C=O) groups is 1. The van der Waals surface area contributed by atoms with E-state index in [1.807, 2.05) is 4.90 Å². The molecule has 8 nitrogen and oxygen atoms in total. The zero-order valence-electron chi connectivity index (χ0n) is 17.0. The van der Waals surface area contributed by atoms with Gasteiger partial charge in [0.05, 0.1) is 6.04 Å². The molecule has 1 aliphatic rings. The largest absolute Gasteiger partial charge is 0.360 e. The minimum atomic E-state index is -3.71. The number of sulfonamides is 1. The summed E-state index contributed by atoms with van der Waals surface area (Å²) < 4.78 is 32.6. The zero-order valence-corrected chi connectivity index (χ0v) is 19.3. The highest BCUT2D eigenvalue weighted by atomic mass is 35.5. The van der Waals surface area contributed by atoms with Crippen molar-refractivity contribution in [3.8, 4) is 0 Å². The first kappa shape index (κ1) is 23.0. The van der Waals surface area contributed by atoms with Crippen molar-refractivity contribution >= 4 is 44.8 Å². The van der Waals surface area contributed by atoms with E-state index in [-0.39, 0.29) is 23.1 Å². The second-order valence-corrected chi connectivity index (χ2v) is 10.0. The Morgan fingerprint density at radius 1 is 1.13 bits per heavy atom. The van der Waals surface area contributed by atoms with Gasteiger partial charge < -0.3 is 9.84 Å². The molecule has 0 aliphatic carbocycles. The van der Waals surface area contributed by atoms with Crippen molar-refractivity contribution < 1.29 is 17.7 Å². The molecule has 1 atom stereocenters. The summed E-state index contributed by atoms with van der Waals surface area (Å²) in [7, 11) is -3.71. The summed E-state index contributed by atoms with van der Waals surface area (Å²) in [5, 5.41) is 7.44. The van der Waals surface area contributed by atoms with Gasteiger partial charge in [-0.3, -0.25) is 9.69 Å². The molecule has 0 bridgehead atoms. The highest BCUT2D eigenvalue weighted by Crippen LogP contribution is 2.25. The highest BCUT2D eigenvalue weighted by molar-refractivity contribution is 7.89. The van der Waals surface area contributed by atoms with Gasteiger partial charge in [-0.2, -0.15) is 4.31 Å². The molecule has 11 heteroatoms. The SMILES string of the molecule is Cc1noc(C)c1S(=O)(=O)N1CCCN([C@H](C)C(=O)Nc2cc(Cl)cc(Cl)c2)CC1. The van der Waals surface area contributed by atoms with Crippen molar-refractivity contribution in [1.29, 1.82) is 0 Å². The van der Waals surface area contributed by atoms with Gasteiger partial charge in [-0.15, -0.1) is 0 Å². The van der Waals surface area contributed by atoms with Crippen LogP contribution < -0.4 is 5.32 Å². The number of benzene rings is 1. The maximum Gasteiger partial charge on any atom is 0.248 e. The molecule has 164 valence electrons. The first-order chi connectivity index (χ1) is 14.1. The molecular weight excluding hydrogens is 451 g/mol. The molecule has 3 rings (SSSR count). The van der Waals surface area contributed by atoms with E-state index in [2.05, 4.69) is 10.5 Å². The Morgan fingerprint density at radius 2 is 1.80 bits per heavy atom. The highest BCUT2D eigenvalue weighted by Gasteiger charge is 2.33. The molecule has 0 spiro atoms. The second-order valence-electron chi connectivity index (χ2n) is 7.27. The van der Waals surface area contributed by atoms with Crippen LogP contribution in [-0.2, 0) is 14.8 Å². The van der Waals surface area contributed by atoms with Crippen molar-refractivity contribution in [3.05, 3.63) is 39.7 Å². The Bertz CT molecular complexity index is 1000. The van der Waals surface area contributed by atoms with Crippen LogP contribution in [-0.4, -0.2) is 60.9 Å². The fourth-order valence-corrected chi connectivity index (χ4v) is 5.84. The van der Waals surface area contributed by atoms with Gasteiger partial charge in [0, 0.05) is 41.9 Å². The van der Waals surface area contributed by atoms with E-state index in [1.54, 1.807) is 39.0 Å². The number of aromatic nitrogens is 1. The topological polar surface area (TPSA) is 95.8 Å². The fourth-order valence-electron chi connectivity index (χ4n) is 3.55. The van der Waals surface area contributed by atoms with E-state index in [0.717, 1.165) is 0 Å². The Kier molecular flexibility index (Phi) is 7.09. The summed E-state index contributed by atoms with van der Waals surface area (Å²) in [6, 6.07) is 4.38. The molecule has 0 unspecified atom stereocenters. The Balaban J connectivity index is 1.67. The average Bonchev–Trinajstić information content (AvgIpc) is 2.86. The maximum atomic E-state index is 13.1. The number of amides is 1. The average molecular weight is 475 g/mol. The van der Waals surface area contributed by atoms with Crippen LogP contribution in [0.25, 0.3) is 0 Å². The fraction of sp³-hybridized carbons (Fsp3) is 0.474. The minimum Gasteiger partial charge on any atom is -0.360 e. The van der Waals surface area contributed by atoms with E-state index >= 15 is 0 Å². The Labute approximate surface area is 186 Å². The van der Waals surface area contributed by atoms with Crippen molar-refractivity contribution in [2.24, 2.45) is 0 Å². The standard InChI is InChI=1S/C19H24Cl2N4O4S/c1-12-18(14(3)29-23-12)30(27,28)25-6-4-5-24(7-8-25)13(2)19(26)22-17-10-15(20)9-16(21)11-17/h9-11,13H,4-8H2,1-3H3,(H,22,26)/t13-/m1/s1. The molecule has 1 aliphatic heterocycles. The third-order valence-electron chi connectivity index (χ3n) is 5.11. The third-order valence-corrected chi connectivity index (χ3v) is 7.69. The number of nitrogens with zero attached hydrogens (tertiary/aromatic N) is 3. The molecule has 2 heterocycles. The van der Waals surface area contributed by atoms with Crippen LogP contribution >= 0.6 is 23.2 Å². The molecule has 30 heavy (non-hydrogen) atoms. The van der Waals surface area contributed by atoms with Crippen molar-refractivity contribution in [2.75, 3.05) is 31.5 Å². The van der Waals surface area contributed by atoms with Crippen molar-refractivity contribution in [2.45, 2.75) is 38.1 Å². The van der Waals surface area contributed by atoms with Crippen LogP contribution in [0.1, 0.15) is 24.8 Å². The van der Waals surface area contributed by atoms with E-state index in [0.29, 0.717) is 47.5 Å². The molecule has 1 aromatic heterocycles. The first-order valence-electron chi connectivity index (χ1n) is 9.53. The number of nitrogens with one attached hydrogen (secondary N) is 1. The molecule has 0 saturated carbocycles. The van der Waals surface area contributed by atoms with E-state index in [4.69, 9.17) is 27.7 Å². The number of anilines is 1. The monoisotopic (exact) mass is 474 g/mol. The summed E-state index contributed by atoms with van der Waals surface area (Å²) in [6.45, 7) is 6.65. The predicted octanol–water partition coefficient (Wildman–Crippen LogP) is 3.32. The molecule has 1 N–H and O–H groups in total. The number of rotatable bonds is 5. The molecule has 1 amide bonds. The summed E-state index contributed by atoms with van der Waals surface area (Å²) >= 11 is 12.0. The molecule has 2 aromatic rings. The van der Waals surface area contributed by atoms with E-state index in [9.17, 15) is 13.2 Å². The second kappa shape index (κ2) is 9.23. The lowest BCUT2D eigenvalue weighted by atomic mass is 10.2. The van der Waals surface area contributed by atoms with E-state index in [1.165, 1.54) is 4.31 Å². The summed E-state index contributed by atoms with van der Waals surface area (Å²) in [6.07, 6.45) is 0.600. The van der Waals surface area contributed by atoms with Crippen LogP contribution in [0.5, 0.6) is 0 Å². The zero-order chi connectivity index (χ0) is 22.1. The molecule has 1 fully saturated rings. The van der Waals surface area contributed by atoms with Gasteiger partial charge in [-0.1, -0.05) is 28.4 Å². The number of halogens is 2. The molecule has 1 saturated heterocycles. The van der Waals surface area contributed by atoms with E-state index < -0.39 is 16.1 Å². The smallest absolute Gasteiger partial charge is 0.248 e. The lowest BCUT2D eigenvalue weighted by Gasteiger charge is -2.27. The number of hydrogen-bond acceptors (Lipinski definition) is 6. The van der Waals surface area contributed by atoms with Gasteiger partial charge in [0.25, 0.3) is 0 Å². The summed E-state index contributed by atoms with van der Waals surface area (Å²) in [5.41, 5.74) is 0.864. The first-order valence-corrected chi connectivity index (χ1v) is 11.7. The Hall–Kier alpha value is -1.65. The van der Waals surface area contributed by atoms with Gasteiger partial charge in [0.1, 0.15) is 10.6 Å². The van der Waals surface area contributed by atoms with Crippen molar-refractivity contribution in [3.63, 3.8) is 0 Å². The number of carbonyl (C=O) groups excluding carboxylic acids is 1. The summed E-state index contributed by atoms with van der Waals surface area (Å²) in [4.78, 5) is 14.8. The quantitative estimate of drug-likeness (QED) is 0.713. The number of aryl methyl sites for hydroxylation is 2. The van der Waals surface area contributed by atoms with Crippen LogP contribution in [0.2, 0.25) is 10.0 Å². The normalized spacial score (nSPS) is 17.5. The Morgan fingerprint density at radius 3 is 2.40 bits per heavy atom. The van der Waals surface area contributed by atoms with Crippen LogP contribution in [0.4, 0.5) is 5.69 Å².